The van der Waals surface area contributed by atoms with Crippen molar-refractivity contribution in [1.82, 2.24) is 9.80 Å². The summed E-state index contributed by atoms with van der Waals surface area (Å²) in [5.41, 5.74) is -0.412. The van der Waals surface area contributed by atoms with Crippen molar-refractivity contribution in [2.24, 2.45) is 5.41 Å². The molecular weight excluding hydrogens is 260 g/mol. The Kier molecular flexibility index (Phi) is 5.39. The number of piperidine rings is 1. The second-order valence-electron chi connectivity index (χ2n) is 6.22. The zero-order chi connectivity index (χ0) is 15.5. The molecule has 1 heterocycles. The maximum Gasteiger partial charge on any atom is 0.327 e. The lowest BCUT2D eigenvalue weighted by molar-refractivity contribution is -0.148. The highest BCUT2D eigenvalue weighted by molar-refractivity contribution is 5.83. The summed E-state index contributed by atoms with van der Waals surface area (Å²) in [6.45, 7) is 6.61. The van der Waals surface area contributed by atoms with Crippen LogP contribution in [0.4, 0.5) is 4.79 Å². The van der Waals surface area contributed by atoms with Crippen LogP contribution in [0.2, 0.25) is 0 Å². The molecule has 0 aromatic rings. The quantitative estimate of drug-likeness (QED) is 0.853. The number of carboxylic acids is 1. The topological polar surface area (TPSA) is 70.1 Å². The number of likely N-dealkylation sites (tertiary alicyclic amines) is 1. The molecule has 1 aliphatic heterocycles. The minimum Gasteiger partial charge on any atom is -0.480 e. The first-order chi connectivity index (χ1) is 9.22. The van der Waals surface area contributed by atoms with Crippen molar-refractivity contribution in [2.75, 3.05) is 27.3 Å². The molecule has 0 aliphatic carbocycles. The van der Waals surface area contributed by atoms with Gasteiger partial charge in [0.05, 0.1) is 12.6 Å². The monoisotopic (exact) mass is 286 g/mol. The van der Waals surface area contributed by atoms with E-state index in [2.05, 4.69) is 0 Å². The summed E-state index contributed by atoms with van der Waals surface area (Å²) in [7, 11) is 3.27. The summed E-state index contributed by atoms with van der Waals surface area (Å²) in [6.07, 6.45) is 1.64. The van der Waals surface area contributed by atoms with Crippen LogP contribution in [-0.2, 0) is 9.53 Å². The van der Waals surface area contributed by atoms with Crippen LogP contribution in [0, 0.1) is 5.41 Å². The van der Waals surface area contributed by atoms with Gasteiger partial charge in [-0.3, -0.25) is 0 Å². The van der Waals surface area contributed by atoms with Crippen LogP contribution in [0.5, 0.6) is 0 Å². The first kappa shape index (κ1) is 16.8. The number of hydrogen-bond acceptors (Lipinski definition) is 3. The number of urea groups is 1. The van der Waals surface area contributed by atoms with E-state index in [1.165, 1.54) is 4.90 Å². The van der Waals surface area contributed by atoms with E-state index in [0.29, 0.717) is 13.2 Å². The van der Waals surface area contributed by atoms with Crippen LogP contribution < -0.4 is 0 Å². The Bertz CT molecular complexity index is 370. The zero-order valence-electron chi connectivity index (χ0n) is 13.0. The molecule has 116 valence electrons. The van der Waals surface area contributed by atoms with Crippen molar-refractivity contribution >= 4 is 12.0 Å². The lowest BCUT2D eigenvalue weighted by atomic mass is 9.76. The van der Waals surface area contributed by atoms with Gasteiger partial charge in [0.2, 0.25) is 0 Å². The van der Waals surface area contributed by atoms with E-state index >= 15 is 0 Å². The lowest BCUT2D eigenvalue weighted by Gasteiger charge is -2.45. The fourth-order valence-corrected chi connectivity index (χ4v) is 2.81. The number of hydrogen-bond donors (Lipinski definition) is 1. The van der Waals surface area contributed by atoms with Crippen molar-refractivity contribution in [3.8, 4) is 0 Å². The molecule has 1 fully saturated rings. The molecule has 0 aromatic heterocycles. The first-order valence-electron chi connectivity index (χ1n) is 6.97. The predicted octanol–water partition coefficient (Wildman–Crippen LogP) is 1.65. The molecule has 1 aliphatic rings. The number of carboxylic acid groups (broad SMARTS) is 1. The molecule has 6 heteroatoms. The smallest absolute Gasteiger partial charge is 0.327 e. The molecule has 2 atom stereocenters. The molecule has 0 radical (unpaired) electrons. The van der Waals surface area contributed by atoms with Gasteiger partial charge >= 0.3 is 12.0 Å². The Morgan fingerprint density at radius 3 is 2.60 bits per heavy atom. The van der Waals surface area contributed by atoms with E-state index in [0.717, 1.165) is 12.8 Å². The summed E-state index contributed by atoms with van der Waals surface area (Å²) >= 11 is 0. The van der Waals surface area contributed by atoms with Gasteiger partial charge in [-0.1, -0.05) is 13.8 Å². The zero-order valence-corrected chi connectivity index (χ0v) is 13.0. The van der Waals surface area contributed by atoms with Gasteiger partial charge in [0, 0.05) is 20.7 Å². The number of nitrogens with zero attached hydrogens (tertiary/aromatic N) is 2. The van der Waals surface area contributed by atoms with Gasteiger partial charge in [-0.25, -0.2) is 9.59 Å². The van der Waals surface area contributed by atoms with E-state index in [9.17, 15) is 14.7 Å². The van der Waals surface area contributed by atoms with E-state index in [1.54, 1.807) is 19.1 Å². The molecule has 0 bridgehead atoms. The van der Waals surface area contributed by atoms with Crippen molar-refractivity contribution in [1.29, 1.82) is 0 Å². The highest BCUT2D eigenvalue weighted by Crippen LogP contribution is 2.35. The van der Waals surface area contributed by atoms with Gasteiger partial charge in [0.1, 0.15) is 6.04 Å². The third kappa shape index (κ3) is 3.42. The second-order valence-corrected chi connectivity index (χ2v) is 6.22. The minimum absolute atomic E-state index is 0.0908. The minimum atomic E-state index is -0.934. The Hall–Kier alpha value is -1.30. The summed E-state index contributed by atoms with van der Waals surface area (Å²) in [5, 5.41) is 9.48. The Balaban J connectivity index is 2.91. The number of likely N-dealkylation sites (N-methyl/N-ethyl adjacent to an activating group) is 1. The highest BCUT2D eigenvalue weighted by atomic mass is 16.5. The van der Waals surface area contributed by atoms with Crippen molar-refractivity contribution in [2.45, 2.75) is 45.7 Å². The number of carbonyl (C=O) groups is 2. The number of methoxy groups -OCH3 is 1. The molecule has 20 heavy (non-hydrogen) atoms. The van der Waals surface area contributed by atoms with Gasteiger partial charge in [0.15, 0.2) is 0 Å². The molecule has 0 aromatic carbocycles. The predicted molar refractivity (Wildman–Crippen MR) is 75.6 cm³/mol. The van der Waals surface area contributed by atoms with E-state index in [-0.39, 0.29) is 12.1 Å². The van der Waals surface area contributed by atoms with Gasteiger partial charge in [0.25, 0.3) is 0 Å². The largest absolute Gasteiger partial charge is 0.480 e. The second kappa shape index (κ2) is 6.43. The van der Waals surface area contributed by atoms with Crippen molar-refractivity contribution < 1.29 is 19.4 Å². The van der Waals surface area contributed by atoms with E-state index < -0.39 is 17.4 Å². The van der Waals surface area contributed by atoms with Crippen LogP contribution in [0.3, 0.4) is 0 Å². The van der Waals surface area contributed by atoms with Crippen LogP contribution in [0.1, 0.15) is 33.6 Å². The maximum absolute atomic E-state index is 12.5. The average Bonchev–Trinajstić information content (AvgIpc) is 2.35. The van der Waals surface area contributed by atoms with Crippen LogP contribution in [0.15, 0.2) is 0 Å². The van der Waals surface area contributed by atoms with Gasteiger partial charge < -0.3 is 19.6 Å². The molecule has 1 saturated heterocycles. The van der Waals surface area contributed by atoms with E-state index in [4.69, 9.17) is 4.74 Å². The number of rotatable bonds is 4. The summed E-state index contributed by atoms with van der Waals surface area (Å²) in [5.74, 6) is -0.934. The fraction of sp³-hybridized carbons (Fsp3) is 0.857. The average molecular weight is 286 g/mol. The third-order valence-corrected chi connectivity index (χ3v) is 4.12. The van der Waals surface area contributed by atoms with Crippen LogP contribution >= 0.6 is 0 Å². The maximum atomic E-state index is 12.5. The van der Waals surface area contributed by atoms with Crippen LogP contribution in [-0.4, -0.2) is 66.3 Å². The normalized spacial score (nSPS) is 23.2. The molecule has 2 amide bonds. The lowest BCUT2D eigenvalue weighted by Crippen LogP contribution is -2.60. The Labute approximate surface area is 120 Å². The fourth-order valence-electron chi connectivity index (χ4n) is 2.81. The number of carbonyl (C=O) groups excluding carboxylic acids is 1. The number of amides is 2. The highest BCUT2D eigenvalue weighted by Gasteiger charge is 2.45. The molecule has 0 saturated carbocycles. The standard InChI is InChI=1S/C14H26N2O4/c1-10(9-20-5)15(4)13(19)16-8-6-7-14(2,3)11(16)12(17)18/h10-11H,6-9H2,1-5H3,(H,17,18). The Morgan fingerprint density at radius 1 is 1.50 bits per heavy atom. The van der Waals surface area contributed by atoms with Gasteiger partial charge in [-0.15, -0.1) is 0 Å². The molecule has 6 nitrogen and oxygen atoms in total. The van der Waals surface area contributed by atoms with Crippen LogP contribution in [0.25, 0.3) is 0 Å². The van der Waals surface area contributed by atoms with Crippen molar-refractivity contribution in [3.63, 3.8) is 0 Å². The molecule has 2 unspecified atom stereocenters. The number of ether oxygens (including phenoxy) is 1. The summed E-state index contributed by atoms with van der Waals surface area (Å²) < 4.78 is 5.05. The van der Waals surface area contributed by atoms with E-state index in [1.807, 2.05) is 20.8 Å². The summed E-state index contributed by atoms with van der Waals surface area (Å²) in [4.78, 5) is 27.2. The first-order valence-corrected chi connectivity index (χ1v) is 6.97. The number of aliphatic carboxylic acids is 1. The SMILES string of the molecule is COCC(C)N(C)C(=O)N1CCCC(C)(C)C1C(=O)O. The molecule has 1 N–H and O–H groups in total. The summed E-state index contributed by atoms with van der Waals surface area (Å²) in [6, 6.07) is -1.11. The molecular formula is C14H26N2O4. The third-order valence-electron chi connectivity index (χ3n) is 4.12. The molecule has 1 rings (SSSR count). The Morgan fingerprint density at radius 2 is 2.10 bits per heavy atom. The molecule has 0 spiro atoms. The van der Waals surface area contributed by atoms with Crippen molar-refractivity contribution in [3.05, 3.63) is 0 Å². The van der Waals surface area contributed by atoms with Gasteiger partial charge in [-0.2, -0.15) is 0 Å². The van der Waals surface area contributed by atoms with Gasteiger partial charge in [-0.05, 0) is 25.2 Å².